The fraction of sp³-hybridized carbons (Fsp3) is 0.333. The van der Waals surface area contributed by atoms with E-state index >= 15 is 0 Å². The van der Waals surface area contributed by atoms with Gasteiger partial charge in [-0.25, -0.2) is 9.59 Å². The molecule has 0 atom stereocenters. The molecule has 158 valence electrons. The Kier molecular flexibility index (Phi) is 5.64. The maximum Gasteiger partial charge on any atom is 0.379 e. The Balaban J connectivity index is 1.91. The van der Waals surface area contributed by atoms with Crippen LogP contribution in [0.2, 0.25) is 0 Å². The molecule has 9 heteroatoms. The van der Waals surface area contributed by atoms with Gasteiger partial charge in [-0.2, -0.15) is 5.10 Å². The number of methoxy groups -OCH3 is 1. The van der Waals surface area contributed by atoms with Crippen molar-refractivity contribution in [2.24, 2.45) is 27.1 Å². The van der Waals surface area contributed by atoms with Crippen LogP contribution < -0.4 is 16.2 Å². The number of ether oxygens (including phenoxy) is 2. The lowest BCUT2D eigenvalue weighted by molar-refractivity contribution is 0.0600. The maximum atomic E-state index is 12.7. The molecule has 4 N–H and O–H groups in total. The highest BCUT2D eigenvalue weighted by molar-refractivity contribution is 6.06. The van der Waals surface area contributed by atoms with Crippen molar-refractivity contribution in [2.75, 3.05) is 7.11 Å². The summed E-state index contributed by atoms with van der Waals surface area (Å²) in [5.41, 5.74) is 13.0. The zero-order chi connectivity index (χ0) is 22.1. The van der Waals surface area contributed by atoms with Gasteiger partial charge in [0.1, 0.15) is 11.5 Å². The van der Waals surface area contributed by atoms with Crippen LogP contribution in [0, 0.1) is 12.3 Å². The molecule has 9 nitrogen and oxygen atoms in total. The molecule has 1 aromatic heterocycles. The van der Waals surface area contributed by atoms with Crippen molar-refractivity contribution in [1.82, 2.24) is 0 Å². The molecular weight excluding hydrogens is 388 g/mol. The maximum absolute atomic E-state index is 12.7. The molecule has 0 unspecified atom stereocenters. The molecule has 0 amide bonds. The summed E-state index contributed by atoms with van der Waals surface area (Å²) < 4.78 is 16.0. The number of fused-ring (bicyclic) bond motifs is 1. The lowest BCUT2D eigenvalue weighted by Crippen LogP contribution is -2.27. The minimum absolute atomic E-state index is 0.0899. The average Bonchev–Trinajstić information content (AvgIpc) is 3.01. The molecule has 30 heavy (non-hydrogen) atoms. The van der Waals surface area contributed by atoms with Crippen LogP contribution in [0.5, 0.6) is 5.75 Å². The summed E-state index contributed by atoms with van der Waals surface area (Å²) in [6.45, 7) is 5.90. The van der Waals surface area contributed by atoms with E-state index in [-0.39, 0.29) is 22.9 Å². The summed E-state index contributed by atoms with van der Waals surface area (Å²) in [4.78, 5) is 24.3. The molecule has 1 aliphatic carbocycles. The summed E-state index contributed by atoms with van der Waals surface area (Å²) in [6.07, 6.45) is 1.26. The lowest BCUT2D eigenvalue weighted by atomic mass is 9.75. The zero-order valence-corrected chi connectivity index (χ0v) is 17.3. The number of guanidine groups is 1. The topological polar surface area (TPSA) is 142 Å². The fourth-order valence-electron chi connectivity index (χ4n) is 3.44. The number of rotatable bonds is 4. The minimum atomic E-state index is -0.647. The summed E-state index contributed by atoms with van der Waals surface area (Å²) in [5, 5.41) is 7.94. The van der Waals surface area contributed by atoms with E-state index in [9.17, 15) is 9.59 Å². The Morgan fingerprint density at radius 2 is 1.77 bits per heavy atom. The van der Waals surface area contributed by atoms with Crippen molar-refractivity contribution in [3.05, 3.63) is 52.5 Å². The van der Waals surface area contributed by atoms with Crippen LogP contribution in [-0.4, -0.2) is 30.7 Å². The summed E-state index contributed by atoms with van der Waals surface area (Å²) in [7, 11) is 1.30. The number of hydrogen-bond acceptors (Lipinski definition) is 7. The van der Waals surface area contributed by atoms with Gasteiger partial charge in [-0.05, 0) is 43.0 Å². The van der Waals surface area contributed by atoms with Crippen LogP contribution in [0.15, 0.2) is 38.9 Å². The third kappa shape index (κ3) is 4.35. The summed E-state index contributed by atoms with van der Waals surface area (Å²) >= 11 is 0. The molecule has 0 fully saturated rings. The molecule has 0 saturated heterocycles. The summed E-state index contributed by atoms with van der Waals surface area (Å²) in [6, 6.07) is 6.04. The standard InChI is InChI=1S/C21H24N4O5/c1-11-16-14(24-25-20(22)23)9-21(2,3)10-15(16)30-17(11)19(27)29-13-7-5-12(6-8-13)18(26)28-4/h5-8H,9-10H2,1-4H3,(H4,22,23,25)/b24-14-. The van der Waals surface area contributed by atoms with Crippen LogP contribution in [-0.2, 0) is 11.2 Å². The van der Waals surface area contributed by atoms with Crippen LogP contribution in [0.4, 0.5) is 0 Å². The molecule has 0 aliphatic heterocycles. The number of nitrogens with two attached hydrogens (primary N) is 2. The minimum Gasteiger partial charge on any atom is -0.465 e. The fourth-order valence-corrected chi connectivity index (χ4v) is 3.44. The van der Waals surface area contributed by atoms with Crippen molar-refractivity contribution in [3.8, 4) is 5.75 Å². The van der Waals surface area contributed by atoms with Gasteiger partial charge < -0.3 is 25.4 Å². The number of carbonyl (C=O) groups excluding carboxylic acids is 2. The molecule has 3 rings (SSSR count). The van der Waals surface area contributed by atoms with Gasteiger partial charge in [0.25, 0.3) is 0 Å². The molecule has 0 bridgehead atoms. The second-order valence-electron chi connectivity index (χ2n) is 7.85. The first-order valence-electron chi connectivity index (χ1n) is 9.30. The van der Waals surface area contributed by atoms with Gasteiger partial charge in [-0.1, -0.05) is 13.8 Å². The van der Waals surface area contributed by atoms with Gasteiger partial charge in [-0.3, -0.25) is 0 Å². The van der Waals surface area contributed by atoms with E-state index in [2.05, 4.69) is 28.8 Å². The van der Waals surface area contributed by atoms with Gasteiger partial charge in [0.15, 0.2) is 0 Å². The van der Waals surface area contributed by atoms with Crippen LogP contribution in [0.25, 0.3) is 0 Å². The molecule has 2 aromatic rings. The first-order valence-corrected chi connectivity index (χ1v) is 9.30. The van der Waals surface area contributed by atoms with Crippen molar-refractivity contribution in [1.29, 1.82) is 0 Å². The van der Waals surface area contributed by atoms with Crippen molar-refractivity contribution >= 4 is 23.6 Å². The normalized spacial score (nSPS) is 15.9. The Morgan fingerprint density at radius 1 is 1.10 bits per heavy atom. The number of nitrogens with zero attached hydrogens (tertiary/aromatic N) is 2. The predicted octanol–water partition coefficient (Wildman–Crippen LogP) is 2.54. The van der Waals surface area contributed by atoms with E-state index in [1.54, 1.807) is 6.92 Å². The van der Waals surface area contributed by atoms with Crippen molar-refractivity contribution in [3.63, 3.8) is 0 Å². The summed E-state index contributed by atoms with van der Waals surface area (Å²) in [5.74, 6) is -0.266. The van der Waals surface area contributed by atoms with Crippen LogP contribution in [0.1, 0.15) is 58.1 Å². The SMILES string of the molecule is COC(=O)c1ccc(OC(=O)c2oc3c(c2C)/C(=N\N=C(N)N)CC(C)(C)C3)cc1. The van der Waals surface area contributed by atoms with Crippen LogP contribution in [0.3, 0.4) is 0 Å². The Bertz CT molecular complexity index is 1040. The van der Waals surface area contributed by atoms with Gasteiger partial charge >= 0.3 is 11.9 Å². The highest BCUT2D eigenvalue weighted by atomic mass is 16.5. The zero-order valence-electron chi connectivity index (χ0n) is 17.3. The van der Waals surface area contributed by atoms with E-state index in [0.717, 1.165) is 5.56 Å². The van der Waals surface area contributed by atoms with E-state index in [1.165, 1.54) is 31.4 Å². The van der Waals surface area contributed by atoms with E-state index < -0.39 is 11.9 Å². The smallest absolute Gasteiger partial charge is 0.379 e. The number of carbonyl (C=O) groups is 2. The number of esters is 2. The molecule has 1 heterocycles. The van der Waals surface area contributed by atoms with Crippen molar-refractivity contribution in [2.45, 2.75) is 33.6 Å². The second kappa shape index (κ2) is 8.02. The van der Waals surface area contributed by atoms with Gasteiger partial charge in [0, 0.05) is 17.5 Å². The third-order valence-corrected chi connectivity index (χ3v) is 4.75. The monoisotopic (exact) mass is 412 g/mol. The average molecular weight is 412 g/mol. The quantitative estimate of drug-likeness (QED) is 0.258. The molecular formula is C21H24N4O5. The first kappa shape index (κ1) is 21.1. The highest BCUT2D eigenvalue weighted by Gasteiger charge is 2.36. The Labute approximate surface area is 173 Å². The number of hydrogen-bond donors (Lipinski definition) is 2. The van der Waals surface area contributed by atoms with Gasteiger partial charge in [-0.15, -0.1) is 5.10 Å². The molecule has 1 aromatic carbocycles. The van der Waals surface area contributed by atoms with Crippen LogP contribution >= 0.6 is 0 Å². The molecule has 1 aliphatic rings. The molecule has 0 spiro atoms. The van der Waals surface area contributed by atoms with E-state index in [4.69, 9.17) is 20.6 Å². The highest BCUT2D eigenvalue weighted by Crippen LogP contribution is 2.39. The van der Waals surface area contributed by atoms with Gasteiger partial charge in [0.05, 0.1) is 18.4 Å². The third-order valence-electron chi connectivity index (χ3n) is 4.75. The second-order valence-corrected chi connectivity index (χ2v) is 7.85. The van der Waals surface area contributed by atoms with Gasteiger partial charge in [0.2, 0.25) is 11.7 Å². The van der Waals surface area contributed by atoms with E-state index in [0.29, 0.717) is 35.4 Å². The number of furan rings is 1. The first-order chi connectivity index (χ1) is 14.1. The Morgan fingerprint density at radius 3 is 2.37 bits per heavy atom. The van der Waals surface area contributed by atoms with Crippen molar-refractivity contribution < 1.29 is 23.5 Å². The predicted molar refractivity (Wildman–Crippen MR) is 111 cm³/mol. The number of benzene rings is 1. The largest absolute Gasteiger partial charge is 0.465 e. The Hall–Kier alpha value is -3.62. The molecule has 0 radical (unpaired) electrons. The van der Waals surface area contributed by atoms with E-state index in [1.807, 2.05) is 0 Å². The lowest BCUT2D eigenvalue weighted by Gasteiger charge is -2.29. The molecule has 0 saturated carbocycles.